The van der Waals surface area contributed by atoms with Crippen LogP contribution in [0, 0.1) is 0 Å². The van der Waals surface area contributed by atoms with Gasteiger partial charge in [-0.05, 0) is 57.7 Å². The predicted octanol–water partition coefficient (Wildman–Crippen LogP) is 2.55. The zero-order valence-corrected chi connectivity index (χ0v) is 10.8. The van der Waals surface area contributed by atoms with Crippen LogP contribution in [-0.4, -0.2) is 23.7 Å². The van der Waals surface area contributed by atoms with Gasteiger partial charge < -0.3 is 10.1 Å². The van der Waals surface area contributed by atoms with Crippen molar-refractivity contribution in [3.8, 4) is 5.75 Å². The van der Waals surface area contributed by atoms with Crippen molar-refractivity contribution in [2.75, 3.05) is 6.54 Å². The molecule has 1 aromatic heterocycles. The van der Waals surface area contributed by atoms with E-state index in [1.807, 2.05) is 20.0 Å². The first kappa shape index (κ1) is 12.4. The molecular weight excluding hydrogens is 212 g/mol. The Hall–Kier alpha value is -1.09. The Morgan fingerprint density at radius 2 is 2.24 bits per heavy atom. The Bertz CT molecular complexity index is 348. The Labute approximate surface area is 104 Å². The smallest absolute Gasteiger partial charge is 0.138 e. The lowest BCUT2D eigenvalue weighted by Gasteiger charge is -2.10. The van der Waals surface area contributed by atoms with Gasteiger partial charge in [0.1, 0.15) is 5.75 Å². The van der Waals surface area contributed by atoms with Gasteiger partial charge in [-0.15, -0.1) is 0 Å². The summed E-state index contributed by atoms with van der Waals surface area (Å²) < 4.78 is 5.63. The largest absolute Gasteiger partial charge is 0.489 e. The minimum Gasteiger partial charge on any atom is -0.489 e. The van der Waals surface area contributed by atoms with Crippen molar-refractivity contribution in [2.24, 2.45) is 0 Å². The molecule has 0 saturated heterocycles. The van der Waals surface area contributed by atoms with Crippen LogP contribution in [0.1, 0.15) is 38.7 Å². The summed E-state index contributed by atoms with van der Waals surface area (Å²) in [6, 6.07) is 2.91. The quantitative estimate of drug-likeness (QED) is 0.736. The number of ether oxygens (including phenoxy) is 1. The predicted molar refractivity (Wildman–Crippen MR) is 69.3 cm³/mol. The van der Waals surface area contributed by atoms with Gasteiger partial charge in [0.25, 0.3) is 0 Å². The van der Waals surface area contributed by atoms with Gasteiger partial charge in [-0.25, -0.2) is 0 Å². The summed E-state index contributed by atoms with van der Waals surface area (Å²) in [5, 5.41) is 3.52. The first-order chi connectivity index (χ1) is 8.24. The van der Waals surface area contributed by atoms with Crippen LogP contribution in [0.15, 0.2) is 18.5 Å². The fraction of sp³-hybridized carbons (Fsp3) is 0.643. The minimum absolute atomic E-state index is 0.212. The maximum atomic E-state index is 5.63. The van der Waals surface area contributed by atoms with E-state index in [2.05, 4.69) is 16.4 Å². The van der Waals surface area contributed by atoms with Crippen LogP contribution in [0.5, 0.6) is 5.75 Å². The van der Waals surface area contributed by atoms with Crippen LogP contribution >= 0.6 is 0 Å². The zero-order chi connectivity index (χ0) is 12.1. The number of rotatable bonds is 7. The highest BCUT2D eigenvalue weighted by Crippen LogP contribution is 2.18. The number of hydrogen-bond acceptors (Lipinski definition) is 3. The van der Waals surface area contributed by atoms with Gasteiger partial charge >= 0.3 is 0 Å². The molecule has 0 aliphatic heterocycles. The maximum Gasteiger partial charge on any atom is 0.138 e. The van der Waals surface area contributed by atoms with Gasteiger partial charge in [0.15, 0.2) is 0 Å². The second-order valence-electron chi connectivity index (χ2n) is 5.03. The number of aryl methyl sites for hydroxylation is 1. The van der Waals surface area contributed by atoms with E-state index in [0.29, 0.717) is 0 Å². The molecule has 2 rings (SSSR count). The molecule has 3 heteroatoms. The lowest BCUT2D eigenvalue weighted by atomic mass is 10.1. The molecule has 0 atom stereocenters. The van der Waals surface area contributed by atoms with Crippen molar-refractivity contribution in [3.05, 3.63) is 24.0 Å². The van der Waals surface area contributed by atoms with Crippen LogP contribution in [0.2, 0.25) is 0 Å². The molecular formula is C14H22N2O. The summed E-state index contributed by atoms with van der Waals surface area (Å²) in [6.45, 7) is 5.18. The van der Waals surface area contributed by atoms with Gasteiger partial charge in [-0.3, -0.25) is 4.98 Å². The molecule has 17 heavy (non-hydrogen) atoms. The van der Waals surface area contributed by atoms with Gasteiger partial charge in [0.05, 0.1) is 12.3 Å². The van der Waals surface area contributed by atoms with E-state index in [1.165, 1.54) is 24.8 Å². The third-order valence-corrected chi connectivity index (χ3v) is 2.79. The van der Waals surface area contributed by atoms with E-state index in [1.54, 1.807) is 6.20 Å². The summed E-state index contributed by atoms with van der Waals surface area (Å²) in [5.41, 5.74) is 1.26. The molecule has 0 radical (unpaired) electrons. The van der Waals surface area contributed by atoms with E-state index in [0.717, 1.165) is 24.8 Å². The summed E-state index contributed by atoms with van der Waals surface area (Å²) in [4.78, 5) is 4.22. The minimum atomic E-state index is 0.212. The molecule has 0 bridgehead atoms. The molecule has 1 aliphatic rings. The molecule has 1 aromatic rings. The van der Waals surface area contributed by atoms with Gasteiger partial charge in [-0.2, -0.15) is 0 Å². The first-order valence-corrected chi connectivity index (χ1v) is 6.58. The molecule has 3 nitrogen and oxygen atoms in total. The van der Waals surface area contributed by atoms with Crippen LogP contribution in [0.3, 0.4) is 0 Å². The lowest BCUT2D eigenvalue weighted by molar-refractivity contribution is 0.241. The molecule has 1 N–H and O–H groups in total. The average Bonchev–Trinajstić information content (AvgIpc) is 3.08. The van der Waals surface area contributed by atoms with Gasteiger partial charge in [0, 0.05) is 12.2 Å². The Balaban J connectivity index is 1.74. The Morgan fingerprint density at radius 1 is 1.41 bits per heavy atom. The van der Waals surface area contributed by atoms with Crippen molar-refractivity contribution in [2.45, 2.75) is 51.7 Å². The van der Waals surface area contributed by atoms with E-state index in [4.69, 9.17) is 4.74 Å². The first-order valence-electron chi connectivity index (χ1n) is 6.58. The van der Waals surface area contributed by atoms with Crippen LogP contribution in [0.4, 0.5) is 0 Å². The molecule has 1 aliphatic carbocycles. The number of nitrogens with one attached hydrogen (secondary N) is 1. The van der Waals surface area contributed by atoms with E-state index in [9.17, 15) is 0 Å². The molecule has 0 spiro atoms. The molecule has 0 amide bonds. The summed E-state index contributed by atoms with van der Waals surface area (Å²) in [6.07, 6.45) is 8.89. The lowest BCUT2D eigenvalue weighted by Crippen LogP contribution is -2.17. The number of hydrogen-bond donors (Lipinski definition) is 1. The van der Waals surface area contributed by atoms with Crippen LogP contribution in [0.25, 0.3) is 0 Å². The summed E-state index contributed by atoms with van der Waals surface area (Å²) in [5.74, 6) is 0.882. The van der Waals surface area contributed by atoms with Crippen LogP contribution < -0.4 is 10.1 Å². The average molecular weight is 234 g/mol. The highest BCUT2D eigenvalue weighted by molar-refractivity contribution is 5.23. The summed E-state index contributed by atoms with van der Waals surface area (Å²) >= 11 is 0. The SMILES string of the molecule is CC(C)Oc1cncc(CCCNC2CC2)c1. The molecule has 1 fully saturated rings. The summed E-state index contributed by atoms with van der Waals surface area (Å²) in [7, 11) is 0. The third kappa shape index (κ3) is 4.73. The third-order valence-electron chi connectivity index (χ3n) is 2.79. The number of aromatic nitrogens is 1. The Kier molecular flexibility index (Phi) is 4.37. The second kappa shape index (κ2) is 6.01. The number of pyridine rings is 1. The highest BCUT2D eigenvalue weighted by Gasteiger charge is 2.19. The Morgan fingerprint density at radius 3 is 2.94 bits per heavy atom. The monoisotopic (exact) mass is 234 g/mol. The van der Waals surface area contributed by atoms with Crippen molar-refractivity contribution in [1.29, 1.82) is 0 Å². The highest BCUT2D eigenvalue weighted by atomic mass is 16.5. The fourth-order valence-corrected chi connectivity index (χ4v) is 1.82. The fourth-order valence-electron chi connectivity index (χ4n) is 1.82. The van der Waals surface area contributed by atoms with Crippen molar-refractivity contribution in [1.82, 2.24) is 10.3 Å². The van der Waals surface area contributed by atoms with Gasteiger partial charge in [0.2, 0.25) is 0 Å². The van der Waals surface area contributed by atoms with Crippen LogP contribution in [-0.2, 0) is 6.42 Å². The van der Waals surface area contributed by atoms with E-state index in [-0.39, 0.29) is 6.10 Å². The molecule has 1 heterocycles. The van der Waals surface area contributed by atoms with E-state index >= 15 is 0 Å². The van der Waals surface area contributed by atoms with Crippen molar-refractivity contribution >= 4 is 0 Å². The van der Waals surface area contributed by atoms with E-state index < -0.39 is 0 Å². The topological polar surface area (TPSA) is 34.1 Å². The van der Waals surface area contributed by atoms with Gasteiger partial charge in [-0.1, -0.05) is 0 Å². The molecule has 94 valence electrons. The second-order valence-corrected chi connectivity index (χ2v) is 5.03. The van der Waals surface area contributed by atoms with Crippen molar-refractivity contribution < 1.29 is 4.74 Å². The molecule has 0 aromatic carbocycles. The molecule has 1 saturated carbocycles. The normalized spacial score (nSPS) is 15.2. The molecule has 0 unspecified atom stereocenters. The maximum absolute atomic E-state index is 5.63. The standard InChI is InChI=1S/C14H22N2O/c1-11(2)17-14-8-12(9-15-10-14)4-3-7-16-13-5-6-13/h8-11,13,16H,3-7H2,1-2H3. The number of nitrogens with zero attached hydrogens (tertiary/aromatic N) is 1. The van der Waals surface area contributed by atoms with Crippen molar-refractivity contribution in [3.63, 3.8) is 0 Å². The zero-order valence-electron chi connectivity index (χ0n) is 10.8.